The van der Waals surface area contributed by atoms with Crippen LogP contribution in [-0.4, -0.2) is 17.8 Å². The topological polar surface area (TPSA) is 29.1 Å². The van der Waals surface area contributed by atoms with E-state index in [0.717, 1.165) is 6.42 Å². The first-order chi connectivity index (χ1) is 4.20. The summed E-state index contributed by atoms with van der Waals surface area (Å²) in [6.45, 7) is 3.96. The van der Waals surface area contributed by atoms with Gasteiger partial charge in [0.15, 0.2) is 0 Å². The number of hydrogen-bond acceptors (Lipinski definition) is 1. The van der Waals surface area contributed by atoms with Crippen LogP contribution in [-0.2, 0) is 4.79 Å². The molecule has 0 fully saturated rings. The van der Waals surface area contributed by atoms with E-state index in [2.05, 4.69) is 5.32 Å². The van der Waals surface area contributed by atoms with Gasteiger partial charge in [-0.1, -0.05) is 6.92 Å². The summed E-state index contributed by atoms with van der Waals surface area (Å²) in [5, 5.41) is 2.71. The fraction of sp³-hybridized carbons (Fsp3) is 0.833. The van der Waals surface area contributed by atoms with Crippen LogP contribution in [0.15, 0.2) is 0 Å². The first-order valence-corrected chi connectivity index (χ1v) is 3.59. The standard InChI is InChI=1S/C6H12ClNO/c1-3-5(2)8-6(9)4-7/h5H,3-4H2,1-2H3,(H,8,9). The summed E-state index contributed by atoms with van der Waals surface area (Å²) in [5.41, 5.74) is 0. The van der Waals surface area contributed by atoms with Crippen LogP contribution in [0.25, 0.3) is 0 Å². The van der Waals surface area contributed by atoms with Crippen molar-refractivity contribution in [3.05, 3.63) is 0 Å². The Kier molecular flexibility index (Phi) is 4.50. The molecule has 1 N–H and O–H groups in total. The third kappa shape index (κ3) is 4.28. The molecule has 1 amide bonds. The third-order valence-corrected chi connectivity index (χ3v) is 1.38. The summed E-state index contributed by atoms with van der Waals surface area (Å²) in [4.78, 5) is 10.5. The molecular weight excluding hydrogens is 138 g/mol. The molecule has 0 aliphatic carbocycles. The van der Waals surface area contributed by atoms with Gasteiger partial charge in [0.1, 0.15) is 5.88 Å². The van der Waals surface area contributed by atoms with Gasteiger partial charge >= 0.3 is 0 Å². The first kappa shape index (κ1) is 8.76. The zero-order chi connectivity index (χ0) is 7.28. The van der Waals surface area contributed by atoms with E-state index in [-0.39, 0.29) is 17.8 Å². The van der Waals surface area contributed by atoms with Crippen molar-refractivity contribution in [2.75, 3.05) is 5.88 Å². The summed E-state index contributed by atoms with van der Waals surface area (Å²) >= 11 is 5.24. The smallest absolute Gasteiger partial charge is 0.235 e. The predicted octanol–water partition coefficient (Wildman–Crippen LogP) is 1.14. The summed E-state index contributed by atoms with van der Waals surface area (Å²) in [7, 11) is 0. The Hall–Kier alpha value is -0.240. The van der Waals surface area contributed by atoms with Crippen LogP contribution in [0.1, 0.15) is 20.3 Å². The van der Waals surface area contributed by atoms with Gasteiger partial charge in [-0.2, -0.15) is 0 Å². The minimum atomic E-state index is -0.0917. The summed E-state index contributed by atoms with van der Waals surface area (Å²) in [6, 6.07) is 0.247. The van der Waals surface area contributed by atoms with Gasteiger partial charge in [-0.15, -0.1) is 11.6 Å². The molecule has 0 aliphatic heterocycles. The van der Waals surface area contributed by atoms with Crippen molar-refractivity contribution in [2.24, 2.45) is 0 Å². The molecule has 0 saturated heterocycles. The van der Waals surface area contributed by atoms with Crippen molar-refractivity contribution in [3.63, 3.8) is 0 Å². The van der Waals surface area contributed by atoms with E-state index in [0.29, 0.717) is 0 Å². The summed E-state index contributed by atoms with van der Waals surface area (Å²) in [5.74, 6) is -0.0318. The number of hydrogen-bond donors (Lipinski definition) is 1. The molecular formula is C6H12ClNO. The maximum Gasteiger partial charge on any atom is 0.235 e. The zero-order valence-corrected chi connectivity index (χ0v) is 6.53. The van der Waals surface area contributed by atoms with Crippen LogP contribution in [0.2, 0.25) is 0 Å². The SMILES string of the molecule is CCC(C)NC(=O)CCl. The lowest BCUT2D eigenvalue weighted by Crippen LogP contribution is -2.32. The molecule has 0 aromatic heterocycles. The number of carbonyl (C=O) groups excluding carboxylic acids is 1. The molecule has 1 atom stereocenters. The molecule has 0 heterocycles. The summed E-state index contributed by atoms with van der Waals surface area (Å²) in [6.07, 6.45) is 0.947. The fourth-order valence-electron chi connectivity index (χ4n) is 0.415. The highest BCUT2D eigenvalue weighted by molar-refractivity contribution is 6.27. The Balaban J connectivity index is 3.34. The molecule has 54 valence electrons. The molecule has 9 heavy (non-hydrogen) atoms. The average Bonchev–Trinajstić information content (AvgIpc) is 1.87. The lowest BCUT2D eigenvalue weighted by Gasteiger charge is -2.08. The Bertz CT molecular complexity index is 95.1. The van der Waals surface area contributed by atoms with Crippen LogP contribution in [0.4, 0.5) is 0 Å². The van der Waals surface area contributed by atoms with E-state index in [9.17, 15) is 4.79 Å². The monoisotopic (exact) mass is 149 g/mol. The average molecular weight is 150 g/mol. The number of alkyl halides is 1. The molecule has 0 saturated carbocycles. The van der Waals surface area contributed by atoms with Gasteiger partial charge < -0.3 is 5.32 Å². The van der Waals surface area contributed by atoms with Gasteiger partial charge in [-0.3, -0.25) is 4.79 Å². The van der Waals surface area contributed by atoms with Crippen molar-refractivity contribution >= 4 is 17.5 Å². The Morgan fingerprint density at radius 1 is 1.78 bits per heavy atom. The van der Waals surface area contributed by atoms with Gasteiger partial charge in [0.05, 0.1) is 0 Å². The second kappa shape index (κ2) is 4.62. The molecule has 0 radical (unpaired) electrons. The van der Waals surface area contributed by atoms with Crippen LogP contribution in [0, 0.1) is 0 Å². The Morgan fingerprint density at radius 2 is 2.33 bits per heavy atom. The van der Waals surface area contributed by atoms with E-state index < -0.39 is 0 Å². The highest BCUT2D eigenvalue weighted by Gasteiger charge is 2.01. The molecule has 0 aliphatic rings. The molecule has 1 unspecified atom stereocenters. The van der Waals surface area contributed by atoms with Crippen molar-refractivity contribution < 1.29 is 4.79 Å². The van der Waals surface area contributed by atoms with Crippen molar-refractivity contribution in [2.45, 2.75) is 26.3 Å². The quantitative estimate of drug-likeness (QED) is 0.600. The number of halogens is 1. The number of carbonyl (C=O) groups is 1. The minimum Gasteiger partial charge on any atom is -0.353 e. The largest absolute Gasteiger partial charge is 0.353 e. The van der Waals surface area contributed by atoms with Crippen LogP contribution in [0.3, 0.4) is 0 Å². The van der Waals surface area contributed by atoms with Crippen LogP contribution in [0.5, 0.6) is 0 Å². The van der Waals surface area contributed by atoms with E-state index in [1.807, 2.05) is 13.8 Å². The maximum atomic E-state index is 10.5. The Morgan fingerprint density at radius 3 is 2.67 bits per heavy atom. The normalized spacial score (nSPS) is 12.8. The van der Waals surface area contributed by atoms with Crippen LogP contribution < -0.4 is 5.32 Å². The fourth-order valence-corrected chi connectivity index (χ4v) is 0.493. The number of rotatable bonds is 3. The summed E-state index contributed by atoms with van der Waals surface area (Å²) < 4.78 is 0. The highest BCUT2D eigenvalue weighted by atomic mass is 35.5. The highest BCUT2D eigenvalue weighted by Crippen LogP contribution is 1.87. The second-order valence-corrected chi connectivity index (χ2v) is 2.28. The van der Waals surface area contributed by atoms with E-state index >= 15 is 0 Å². The molecule has 3 heteroatoms. The van der Waals surface area contributed by atoms with Gasteiger partial charge in [0, 0.05) is 6.04 Å². The lowest BCUT2D eigenvalue weighted by molar-refractivity contribution is -0.119. The van der Waals surface area contributed by atoms with E-state index in [1.165, 1.54) is 0 Å². The zero-order valence-electron chi connectivity index (χ0n) is 5.78. The molecule has 0 rings (SSSR count). The molecule has 2 nitrogen and oxygen atoms in total. The van der Waals surface area contributed by atoms with Crippen LogP contribution >= 0.6 is 11.6 Å². The number of amides is 1. The van der Waals surface area contributed by atoms with Gasteiger partial charge in [-0.25, -0.2) is 0 Å². The third-order valence-electron chi connectivity index (χ3n) is 1.14. The Labute approximate surface area is 60.6 Å². The van der Waals surface area contributed by atoms with Gasteiger partial charge in [0.25, 0.3) is 0 Å². The van der Waals surface area contributed by atoms with Gasteiger partial charge in [0.2, 0.25) is 5.91 Å². The molecule has 0 spiro atoms. The minimum absolute atomic E-state index is 0.0599. The second-order valence-electron chi connectivity index (χ2n) is 2.01. The molecule has 0 aromatic carbocycles. The predicted molar refractivity (Wildman–Crippen MR) is 38.6 cm³/mol. The van der Waals surface area contributed by atoms with Crippen molar-refractivity contribution in [1.82, 2.24) is 5.32 Å². The maximum absolute atomic E-state index is 10.5. The van der Waals surface area contributed by atoms with E-state index in [4.69, 9.17) is 11.6 Å². The van der Waals surface area contributed by atoms with Crippen molar-refractivity contribution in [1.29, 1.82) is 0 Å². The molecule has 0 aromatic rings. The van der Waals surface area contributed by atoms with Crippen molar-refractivity contribution in [3.8, 4) is 0 Å². The number of nitrogens with one attached hydrogen (secondary N) is 1. The lowest BCUT2D eigenvalue weighted by atomic mass is 10.3. The first-order valence-electron chi connectivity index (χ1n) is 3.06. The van der Waals surface area contributed by atoms with Gasteiger partial charge in [-0.05, 0) is 13.3 Å². The van der Waals surface area contributed by atoms with E-state index in [1.54, 1.807) is 0 Å². The molecule has 0 bridgehead atoms.